The highest BCUT2D eigenvalue weighted by Crippen LogP contribution is 2.48. The van der Waals surface area contributed by atoms with Crippen molar-refractivity contribution in [1.29, 1.82) is 0 Å². The van der Waals surface area contributed by atoms with Gasteiger partial charge in [0.15, 0.2) is 5.82 Å². The lowest BCUT2D eigenvalue weighted by molar-refractivity contribution is -0.129. The number of ether oxygens (including phenoxy) is 1. The molecule has 3 aliphatic heterocycles. The molecular formula is C30H38F2N6O2. The molecule has 40 heavy (non-hydrogen) atoms. The topological polar surface area (TPSA) is 68.4 Å². The third-order valence-electron chi connectivity index (χ3n) is 8.91. The molecular weight excluding hydrogens is 514 g/mol. The lowest BCUT2D eigenvalue weighted by Gasteiger charge is -2.38. The minimum Gasteiger partial charge on any atom is -0.381 e. The van der Waals surface area contributed by atoms with Gasteiger partial charge in [0.25, 0.3) is 6.43 Å². The van der Waals surface area contributed by atoms with Crippen molar-refractivity contribution in [2.45, 2.75) is 71.4 Å². The average molecular weight is 553 g/mol. The molecule has 1 fully saturated rings. The fourth-order valence-electron chi connectivity index (χ4n) is 6.75. The first-order valence-electron chi connectivity index (χ1n) is 14.4. The van der Waals surface area contributed by atoms with Gasteiger partial charge in [0.2, 0.25) is 5.91 Å². The number of halogens is 2. The van der Waals surface area contributed by atoms with Gasteiger partial charge in [0, 0.05) is 81.0 Å². The average Bonchev–Trinajstić information content (AvgIpc) is 3.55. The summed E-state index contributed by atoms with van der Waals surface area (Å²) in [6, 6.07) is 3.88. The molecule has 2 aromatic heterocycles. The number of hydrogen-bond donors (Lipinski definition) is 0. The lowest BCUT2D eigenvalue weighted by Crippen LogP contribution is -2.36. The number of aryl methyl sites for hydroxylation is 1. The van der Waals surface area contributed by atoms with Gasteiger partial charge >= 0.3 is 0 Å². The molecule has 10 heteroatoms. The number of alkyl halides is 2. The van der Waals surface area contributed by atoms with E-state index in [2.05, 4.69) is 28.5 Å². The molecule has 214 valence electrons. The number of carbonyl (C=O) groups excluding carboxylic acids is 1. The van der Waals surface area contributed by atoms with Crippen LogP contribution in [0.2, 0.25) is 0 Å². The first kappa shape index (κ1) is 26.9. The van der Waals surface area contributed by atoms with Crippen molar-refractivity contribution >= 4 is 17.4 Å². The Hall–Kier alpha value is -3.27. The van der Waals surface area contributed by atoms with Crippen LogP contribution in [0, 0.1) is 5.92 Å². The van der Waals surface area contributed by atoms with Crippen molar-refractivity contribution in [1.82, 2.24) is 24.5 Å². The van der Waals surface area contributed by atoms with E-state index in [-0.39, 0.29) is 23.4 Å². The van der Waals surface area contributed by atoms with Crippen LogP contribution in [0.3, 0.4) is 0 Å². The molecule has 6 rings (SSSR count). The number of amides is 1. The zero-order valence-corrected chi connectivity index (χ0v) is 23.7. The Balaban J connectivity index is 1.52. The zero-order valence-electron chi connectivity index (χ0n) is 23.7. The van der Waals surface area contributed by atoms with Crippen molar-refractivity contribution in [2.75, 3.05) is 31.2 Å². The third-order valence-corrected chi connectivity index (χ3v) is 8.91. The monoisotopic (exact) mass is 552 g/mol. The largest absolute Gasteiger partial charge is 0.381 e. The van der Waals surface area contributed by atoms with Crippen molar-refractivity contribution in [3.8, 4) is 11.1 Å². The second-order valence-corrected chi connectivity index (χ2v) is 11.7. The Kier molecular flexibility index (Phi) is 7.14. The summed E-state index contributed by atoms with van der Waals surface area (Å²) in [6.45, 7) is 9.22. The number of aromatic nitrogens is 4. The molecule has 1 saturated heterocycles. The molecule has 0 radical (unpaired) electrons. The summed E-state index contributed by atoms with van der Waals surface area (Å²) in [6.07, 6.45) is 4.21. The van der Waals surface area contributed by atoms with E-state index in [1.165, 1.54) is 0 Å². The molecule has 0 N–H and O–H groups in total. The molecule has 1 unspecified atom stereocenters. The van der Waals surface area contributed by atoms with Crippen LogP contribution in [0.15, 0.2) is 24.5 Å². The summed E-state index contributed by atoms with van der Waals surface area (Å²) in [5.41, 5.74) is 5.30. The summed E-state index contributed by atoms with van der Waals surface area (Å²) < 4.78 is 38.7. The van der Waals surface area contributed by atoms with Gasteiger partial charge < -0.3 is 14.5 Å². The van der Waals surface area contributed by atoms with Gasteiger partial charge in [0.05, 0.1) is 18.8 Å². The Morgan fingerprint density at radius 1 is 1.12 bits per heavy atom. The highest BCUT2D eigenvalue weighted by Gasteiger charge is 2.36. The second kappa shape index (κ2) is 10.6. The number of hydrogen-bond acceptors (Lipinski definition) is 5. The van der Waals surface area contributed by atoms with Crippen molar-refractivity contribution in [3.05, 3.63) is 46.9 Å². The van der Waals surface area contributed by atoms with Crippen LogP contribution < -0.4 is 4.90 Å². The quantitative estimate of drug-likeness (QED) is 0.403. The maximum atomic E-state index is 14.6. The molecule has 0 aliphatic carbocycles. The number of rotatable bonds is 5. The van der Waals surface area contributed by atoms with E-state index in [0.717, 1.165) is 54.0 Å². The van der Waals surface area contributed by atoms with Crippen LogP contribution in [-0.2, 0) is 29.5 Å². The normalized spacial score (nSPS) is 19.9. The van der Waals surface area contributed by atoms with Gasteiger partial charge in [-0.2, -0.15) is 10.2 Å². The minimum absolute atomic E-state index is 0.00393. The van der Waals surface area contributed by atoms with Gasteiger partial charge in [-0.05, 0) is 54.4 Å². The van der Waals surface area contributed by atoms with Gasteiger partial charge in [-0.15, -0.1) is 0 Å². The van der Waals surface area contributed by atoms with Crippen LogP contribution in [-0.4, -0.2) is 56.7 Å². The van der Waals surface area contributed by atoms with E-state index in [4.69, 9.17) is 9.84 Å². The Labute approximate surface area is 233 Å². The Bertz CT molecular complexity index is 1410. The van der Waals surface area contributed by atoms with Crippen LogP contribution in [0.1, 0.15) is 80.8 Å². The second-order valence-electron chi connectivity index (χ2n) is 11.7. The molecule has 3 aliphatic rings. The van der Waals surface area contributed by atoms with E-state index < -0.39 is 6.43 Å². The SMILES string of the molecule is CC(=O)N1CCc2c(c(N3CCC(C(C)C)c4cc(-c5cnn(C)c5)c(C(F)F)cc43)nn2C2CCOCC2)C1. The summed E-state index contributed by atoms with van der Waals surface area (Å²) in [7, 11) is 1.80. The van der Waals surface area contributed by atoms with Gasteiger partial charge in [-0.1, -0.05) is 13.8 Å². The predicted molar refractivity (Wildman–Crippen MR) is 149 cm³/mol. The number of benzene rings is 1. The molecule has 1 atom stereocenters. The maximum absolute atomic E-state index is 14.6. The van der Waals surface area contributed by atoms with E-state index in [1.807, 2.05) is 11.0 Å². The fraction of sp³-hybridized carbons (Fsp3) is 0.567. The number of nitrogens with zero attached hydrogens (tertiary/aromatic N) is 6. The van der Waals surface area contributed by atoms with Gasteiger partial charge in [0.1, 0.15) is 0 Å². The van der Waals surface area contributed by atoms with Crippen LogP contribution in [0.25, 0.3) is 11.1 Å². The van der Waals surface area contributed by atoms with E-state index in [1.54, 1.807) is 37.1 Å². The summed E-state index contributed by atoms with van der Waals surface area (Å²) in [4.78, 5) is 16.4. The number of carbonyl (C=O) groups is 1. The number of fused-ring (bicyclic) bond motifs is 2. The molecule has 1 amide bonds. The fourth-order valence-corrected chi connectivity index (χ4v) is 6.75. The van der Waals surface area contributed by atoms with Crippen LogP contribution >= 0.6 is 0 Å². The molecule has 5 heterocycles. The lowest BCUT2D eigenvalue weighted by atomic mass is 9.80. The maximum Gasteiger partial charge on any atom is 0.264 e. The smallest absolute Gasteiger partial charge is 0.264 e. The van der Waals surface area contributed by atoms with Gasteiger partial charge in [-0.3, -0.25) is 14.2 Å². The van der Waals surface area contributed by atoms with Crippen molar-refractivity contribution in [3.63, 3.8) is 0 Å². The molecule has 0 spiro atoms. The Morgan fingerprint density at radius 2 is 1.90 bits per heavy atom. The van der Waals surface area contributed by atoms with Gasteiger partial charge in [-0.25, -0.2) is 8.78 Å². The van der Waals surface area contributed by atoms with E-state index >= 15 is 0 Å². The molecule has 0 saturated carbocycles. The van der Waals surface area contributed by atoms with Crippen molar-refractivity contribution in [2.24, 2.45) is 13.0 Å². The van der Waals surface area contributed by atoms with Crippen molar-refractivity contribution < 1.29 is 18.3 Å². The van der Waals surface area contributed by atoms with E-state index in [0.29, 0.717) is 49.9 Å². The molecule has 1 aromatic carbocycles. The van der Waals surface area contributed by atoms with E-state index in [9.17, 15) is 13.6 Å². The first-order valence-corrected chi connectivity index (χ1v) is 14.4. The minimum atomic E-state index is -2.64. The summed E-state index contributed by atoms with van der Waals surface area (Å²) in [5.74, 6) is 1.41. The Morgan fingerprint density at radius 3 is 2.55 bits per heavy atom. The molecule has 8 nitrogen and oxygen atoms in total. The highest BCUT2D eigenvalue weighted by molar-refractivity contribution is 5.78. The zero-order chi connectivity index (χ0) is 28.1. The molecule has 3 aromatic rings. The first-order chi connectivity index (χ1) is 19.2. The third kappa shape index (κ3) is 4.70. The standard InChI is InChI=1S/C30H38F2N6O2/c1-18(2)22-5-10-37(28-14-25(29(31)32)23(13-24(22)28)20-15-33-35(4)16-20)30-26-17-36(19(3)39)9-6-27(26)38(34-30)21-7-11-40-12-8-21/h13-16,18,21-22,29H,5-12,17H2,1-4H3. The summed E-state index contributed by atoms with van der Waals surface area (Å²) >= 11 is 0. The summed E-state index contributed by atoms with van der Waals surface area (Å²) in [5, 5.41) is 9.45. The number of anilines is 2. The van der Waals surface area contributed by atoms with Crippen LogP contribution in [0.5, 0.6) is 0 Å². The predicted octanol–water partition coefficient (Wildman–Crippen LogP) is 5.76. The van der Waals surface area contributed by atoms with Crippen LogP contribution in [0.4, 0.5) is 20.3 Å². The molecule has 0 bridgehead atoms. The highest BCUT2D eigenvalue weighted by atomic mass is 19.3.